The van der Waals surface area contributed by atoms with E-state index in [9.17, 15) is 14.7 Å². The van der Waals surface area contributed by atoms with Gasteiger partial charge >= 0.3 is 5.97 Å². The molecule has 1 aliphatic rings. The van der Waals surface area contributed by atoms with Crippen LogP contribution in [0.3, 0.4) is 0 Å². The molecule has 0 atom stereocenters. The third kappa shape index (κ3) is 2.54. The van der Waals surface area contributed by atoms with Crippen LogP contribution in [0.4, 0.5) is 5.69 Å². The molecule has 108 valence electrons. The number of carbonyl (C=O) groups is 2. The number of hydrogen-bond donors (Lipinski definition) is 3. The van der Waals surface area contributed by atoms with Gasteiger partial charge in [0.15, 0.2) is 0 Å². The molecule has 1 fully saturated rings. The lowest BCUT2D eigenvalue weighted by molar-refractivity contribution is -0.140. The molecule has 0 spiro atoms. The fourth-order valence-corrected chi connectivity index (χ4v) is 2.02. The molecule has 0 heterocycles. The number of carbonyl (C=O) groups excluding carboxylic acids is 1. The van der Waals surface area contributed by atoms with Gasteiger partial charge < -0.3 is 16.2 Å². The fourth-order valence-electron chi connectivity index (χ4n) is 2.02. The Bertz CT molecular complexity index is 531. The van der Waals surface area contributed by atoms with Crippen molar-refractivity contribution in [2.75, 3.05) is 11.9 Å². The van der Waals surface area contributed by atoms with Crippen molar-refractivity contribution in [1.82, 2.24) is 0 Å². The van der Waals surface area contributed by atoms with Crippen LogP contribution >= 0.6 is 0 Å². The molecule has 0 aliphatic heterocycles. The third-order valence-electron chi connectivity index (χ3n) is 3.98. The lowest BCUT2D eigenvalue weighted by Gasteiger charge is -2.21. The summed E-state index contributed by atoms with van der Waals surface area (Å²) in [6.07, 6.45) is 1.35. The predicted octanol–water partition coefficient (Wildman–Crippen LogP) is 1.73. The zero-order valence-electron chi connectivity index (χ0n) is 11.8. The summed E-state index contributed by atoms with van der Waals surface area (Å²) in [5.74, 6) is -0.925. The molecule has 0 bridgehead atoms. The number of benzene rings is 1. The van der Waals surface area contributed by atoms with Gasteiger partial charge in [-0.15, -0.1) is 0 Å². The number of nitrogens with two attached hydrogens (primary N) is 1. The molecular weight excluding hydrogens is 256 g/mol. The second kappa shape index (κ2) is 4.90. The van der Waals surface area contributed by atoms with Crippen molar-refractivity contribution in [2.24, 2.45) is 11.1 Å². The minimum absolute atomic E-state index is 0.146. The molecular formula is C15H20N2O3. The molecule has 20 heavy (non-hydrogen) atoms. The Kier molecular flexibility index (Phi) is 3.56. The molecule has 0 radical (unpaired) electrons. The highest BCUT2D eigenvalue weighted by Crippen LogP contribution is 2.48. The Hall–Kier alpha value is -1.88. The highest BCUT2D eigenvalue weighted by atomic mass is 16.4. The van der Waals surface area contributed by atoms with Gasteiger partial charge in [0.05, 0.1) is 10.8 Å². The topological polar surface area (TPSA) is 92.4 Å². The number of hydrogen-bond acceptors (Lipinski definition) is 3. The molecule has 1 aromatic carbocycles. The molecule has 0 saturated heterocycles. The Labute approximate surface area is 118 Å². The van der Waals surface area contributed by atoms with Gasteiger partial charge in [-0.1, -0.05) is 12.1 Å². The van der Waals surface area contributed by atoms with Crippen molar-refractivity contribution in [3.8, 4) is 0 Å². The average molecular weight is 276 g/mol. The number of carboxylic acids is 1. The van der Waals surface area contributed by atoms with Crippen LogP contribution in [0.2, 0.25) is 0 Å². The standard InChI is InChI=1S/C15H20N2O3/c1-14(2,9-16)12(18)17-11-5-3-10(4-6-11)15(7-8-15)13(19)20/h3-6H,7-9,16H2,1-2H3,(H,17,18)(H,19,20). The second-order valence-corrected chi connectivity index (χ2v) is 6.01. The largest absolute Gasteiger partial charge is 0.481 e. The predicted molar refractivity (Wildman–Crippen MR) is 76.5 cm³/mol. The first-order valence-electron chi connectivity index (χ1n) is 6.67. The Balaban J connectivity index is 2.10. The smallest absolute Gasteiger partial charge is 0.314 e. The van der Waals surface area contributed by atoms with Crippen LogP contribution in [0.1, 0.15) is 32.3 Å². The summed E-state index contributed by atoms with van der Waals surface area (Å²) < 4.78 is 0. The van der Waals surface area contributed by atoms with Crippen LogP contribution in [-0.4, -0.2) is 23.5 Å². The van der Waals surface area contributed by atoms with Crippen molar-refractivity contribution in [1.29, 1.82) is 0 Å². The first-order valence-corrected chi connectivity index (χ1v) is 6.67. The highest BCUT2D eigenvalue weighted by Gasteiger charge is 2.51. The van der Waals surface area contributed by atoms with E-state index >= 15 is 0 Å². The van der Waals surface area contributed by atoms with E-state index in [1.54, 1.807) is 38.1 Å². The lowest BCUT2D eigenvalue weighted by atomic mass is 9.92. The summed E-state index contributed by atoms with van der Waals surface area (Å²) in [5, 5.41) is 12.0. The number of carboxylic acid groups (broad SMARTS) is 1. The van der Waals surface area contributed by atoms with Crippen LogP contribution < -0.4 is 11.1 Å². The molecule has 4 N–H and O–H groups in total. The number of nitrogens with one attached hydrogen (secondary N) is 1. The van der Waals surface area contributed by atoms with Crippen LogP contribution in [0.15, 0.2) is 24.3 Å². The summed E-state index contributed by atoms with van der Waals surface area (Å²) in [6, 6.07) is 7.02. The van der Waals surface area contributed by atoms with Crippen molar-refractivity contribution < 1.29 is 14.7 Å². The summed E-state index contributed by atoms with van der Waals surface area (Å²) in [6.45, 7) is 3.82. The van der Waals surface area contributed by atoms with Gasteiger partial charge in [0.1, 0.15) is 0 Å². The van der Waals surface area contributed by atoms with Crippen molar-refractivity contribution >= 4 is 17.6 Å². The number of anilines is 1. The van der Waals surface area contributed by atoms with E-state index in [2.05, 4.69) is 5.32 Å². The molecule has 2 rings (SSSR count). The monoisotopic (exact) mass is 276 g/mol. The molecule has 1 amide bonds. The molecule has 0 unspecified atom stereocenters. The van der Waals surface area contributed by atoms with Crippen molar-refractivity contribution in [3.05, 3.63) is 29.8 Å². The normalized spacial score (nSPS) is 16.6. The van der Waals surface area contributed by atoms with Gasteiger partial charge in [-0.3, -0.25) is 9.59 Å². The van der Waals surface area contributed by atoms with Gasteiger partial charge in [0, 0.05) is 12.2 Å². The Morgan fingerprint density at radius 2 is 1.85 bits per heavy atom. The van der Waals surface area contributed by atoms with Gasteiger partial charge in [-0.2, -0.15) is 0 Å². The van der Waals surface area contributed by atoms with Crippen LogP contribution in [0.5, 0.6) is 0 Å². The zero-order valence-corrected chi connectivity index (χ0v) is 11.8. The minimum Gasteiger partial charge on any atom is -0.481 e. The number of amides is 1. The number of rotatable bonds is 5. The maximum atomic E-state index is 12.0. The van der Waals surface area contributed by atoms with Gasteiger partial charge in [-0.05, 0) is 44.4 Å². The summed E-state index contributed by atoms with van der Waals surface area (Å²) in [7, 11) is 0. The van der Waals surface area contributed by atoms with Crippen LogP contribution in [-0.2, 0) is 15.0 Å². The van der Waals surface area contributed by atoms with E-state index in [0.717, 1.165) is 5.56 Å². The Morgan fingerprint density at radius 3 is 2.25 bits per heavy atom. The quantitative estimate of drug-likeness (QED) is 0.763. The average Bonchev–Trinajstić information content (AvgIpc) is 3.21. The molecule has 1 aliphatic carbocycles. The molecule has 5 heteroatoms. The van der Waals surface area contributed by atoms with E-state index in [1.165, 1.54) is 0 Å². The zero-order chi connectivity index (χ0) is 15.0. The summed E-state index contributed by atoms with van der Waals surface area (Å²) in [5.41, 5.74) is 5.67. The van der Waals surface area contributed by atoms with E-state index in [0.29, 0.717) is 18.5 Å². The molecule has 0 aromatic heterocycles. The Morgan fingerprint density at radius 1 is 1.30 bits per heavy atom. The van der Waals surface area contributed by atoms with Crippen LogP contribution in [0, 0.1) is 5.41 Å². The fraction of sp³-hybridized carbons (Fsp3) is 0.467. The molecule has 1 aromatic rings. The minimum atomic E-state index is -0.779. The summed E-state index contributed by atoms with van der Waals surface area (Å²) >= 11 is 0. The second-order valence-electron chi connectivity index (χ2n) is 6.01. The SMILES string of the molecule is CC(C)(CN)C(=O)Nc1ccc(C2(C(=O)O)CC2)cc1. The third-order valence-corrected chi connectivity index (χ3v) is 3.98. The number of aliphatic carboxylic acids is 1. The van der Waals surface area contributed by atoms with E-state index in [-0.39, 0.29) is 12.5 Å². The maximum absolute atomic E-state index is 12.0. The van der Waals surface area contributed by atoms with Crippen molar-refractivity contribution in [3.63, 3.8) is 0 Å². The first-order chi connectivity index (χ1) is 9.32. The van der Waals surface area contributed by atoms with E-state index in [1.807, 2.05) is 0 Å². The van der Waals surface area contributed by atoms with Crippen molar-refractivity contribution in [2.45, 2.75) is 32.1 Å². The first kappa shape index (κ1) is 14.5. The van der Waals surface area contributed by atoms with Gasteiger partial charge in [0.25, 0.3) is 0 Å². The van der Waals surface area contributed by atoms with E-state index < -0.39 is 16.8 Å². The molecule has 5 nitrogen and oxygen atoms in total. The van der Waals surface area contributed by atoms with Gasteiger partial charge in [0.2, 0.25) is 5.91 Å². The molecule has 1 saturated carbocycles. The highest BCUT2D eigenvalue weighted by molar-refractivity contribution is 5.95. The lowest BCUT2D eigenvalue weighted by Crippen LogP contribution is -2.37. The van der Waals surface area contributed by atoms with Gasteiger partial charge in [-0.25, -0.2) is 0 Å². The maximum Gasteiger partial charge on any atom is 0.314 e. The van der Waals surface area contributed by atoms with Crippen LogP contribution in [0.25, 0.3) is 0 Å². The van der Waals surface area contributed by atoms with E-state index in [4.69, 9.17) is 5.73 Å². The summed E-state index contributed by atoms with van der Waals surface area (Å²) in [4.78, 5) is 23.2.